The van der Waals surface area contributed by atoms with Crippen LogP contribution in [0.4, 0.5) is 0 Å². The number of nitrogens with zero attached hydrogens (tertiary/aromatic N) is 1. The molecule has 0 radical (unpaired) electrons. The van der Waals surface area contributed by atoms with Gasteiger partial charge in [-0.25, -0.2) is 4.98 Å². The number of hydrogen-bond donors (Lipinski definition) is 1. The molecule has 2 nitrogen and oxygen atoms in total. The third-order valence-electron chi connectivity index (χ3n) is 3.51. The quantitative estimate of drug-likeness (QED) is 0.914. The van der Waals surface area contributed by atoms with Crippen LogP contribution in [-0.4, -0.2) is 18.1 Å². The molecule has 1 fully saturated rings. The van der Waals surface area contributed by atoms with Gasteiger partial charge >= 0.3 is 0 Å². The van der Waals surface area contributed by atoms with Crippen molar-refractivity contribution in [3.63, 3.8) is 0 Å². The van der Waals surface area contributed by atoms with E-state index >= 15 is 0 Å². The second-order valence-corrected chi connectivity index (χ2v) is 5.99. The Hall–Kier alpha value is -1.19. The topological polar surface area (TPSA) is 24.9 Å². The van der Waals surface area contributed by atoms with E-state index in [-0.39, 0.29) is 0 Å². The largest absolute Gasteiger partial charge is 0.317 e. The van der Waals surface area contributed by atoms with E-state index in [4.69, 9.17) is 0 Å². The summed E-state index contributed by atoms with van der Waals surface area (Å²) in [5.41, 5.74) is 1.35. The number of nitrogens with one attached hydrogen (secondary N) is 1. The summed E-state index contributed by atoms with van der Waals surface area (Å²) in [7, 11) is 0. The number of benzene rings is 1. The molecule has 1 aliphatic heterocycles. The first-order valence-corrected chi connectivity index (χ1v) is 7.43. The molecule has 0 unspecified atom stereocenters. The lowest BCUT2D eigenvalue weighted by atomic mass is 9.97. The molecule has 18 heavy (non-hydrogen) atoms. The summed E-state index contributed by atoms with van der Waals surface area (Å²) in [6, 6.07) is 10.6. The van der Waals surface area contributed by atoms with Crippen LogP contribution in [0.5, 0.6) is 0 Å². The molecular weight excluding hydrogens is 240 g/mol. The summed E-state index contributed by atoms with van der Waals surface area (Å²) in [6.07, 6.45) is 5.58. The molecule has 3 rings (SSSR count). The molecule has 1 aliphatic rings. The highest BCUT2D eigenvalue weighted by molar-refractivity contribution is 7.11. The van der Waals surface area contributed by atoms with E-state index in [0.717, 1.165) is 25.4 Å². The van der Waals surface area contributed by atoms with E-state index in [1.54, 1.807) is 0 Å². The highest BCUT2D eigenvalue weighted by Gasteiger charge is 2.17. The molecule has 0 spiro atoms. The average molecular weight is 258 g/mol. The van der Waals surface area contributed by atoms with E-state index in [2.05, 4.69) is 46.8 Å². The number of thiazole rings is 1. The maximum Gasteiger partial charge on any atom is 0.0971 e. The van der Waals surface area contributed by atoms with Crippen LogP contribution in [0.25, 0.3) is 0 Å². The molecule has 0 aliphatic carbocycles. The minimum atomic E-state index is 0.730. The van der Waals surface area contributed by atoms with Crippen molar-refractivity contribution in [1.82, 2.24) is 10.3 Å². The smallest absolute Gasteiger partial charge is 0.0971 e. The van der Waals surface area contributed by atoms with Gasteiger partial charge < -0.3 is 5.32 Å². The maximum absolute atomic E-state index is 4.58. The first kappa shape index (κ1) is 11.9. The lowest BCUT2D eigenvalue weighted by Crippen LogP contribution is -2.26. The molecule has 0 bridgehead atoms. The average Bonchev–Trinajstić information content (AvgIpc) is 2.89. The first-order chi connectivity index (χ1) is 8.92. The monoisotopic (exact) mass is 258 g/mol. The van der Waals surface area contributed by atoms with Crippen LogP contribution in [0, 0.1) is 0 Å². The van der Waals surface area contributed by atoms with Gasteiger partial charge in [0.15, 0.2) is 0 Å². The summed E-state index contributed by atoms with van der Waals surface area (Å²) in [4.78, 5) is 6.06. The number of aromatic nitrogens is 1. The standard InChI is InChI=1S/C15H18N2S/c1-2-4-12(5-3-1)10-15-17-11-14(18-15)13-6-8-16-9-7-13/h1-5,11,13,16H,6-10H2. The number of hydrogen-bond acceptors (Lipinski definition) is 3. The van der Waals surface area contributed by atoms with Crippen LogP contribution in [-0.2, 0) is 6.42 Å². The van der Waals surface area contributed by atoms with Crippen molar-refractivity contribution in [2.45, 2.75) is 25.2 Å². The van der Waals surface area contributed by atoms with Gasteiger partial charge in [0.25, 0.3) is 0 Å². The predicted molar refractivity (Wildman–Crippen MR) is 76.2 cm³/mol. The molecule has 94 valence electrons. The zero-order chi connectivity index (χ0) is 12.2. The van der Waals surface area contributed by atoms with Gasteiger partial charge in [0, 0.05) is 17.5 Å². The molecule has 0 saturated carbocycles. The lowest BCUT2D eigenvalue weighted by Gasteiger charge is -2.20. The molecule has 0 atom stereocenters. The summed E-state index contributed by atoms with van der Waals surface area (Å²) >= 11 is 1.90. The fraction of sp³-hybridized carbons (Fsp3) is 0.400. The van der Waals surface area contributed by atoms with Crippen LogP contribution in [0.2, 0.25) is 0 Å². The Morgan fingerprint density at radius 2 is 1.94 bits per heavy atom. The van der Waals surface area contributed by atoms with Gasteiger partial charge in [0.1, 0.15) is 0 Å². The highest BCUT2D eigenvalue weighted by atomic mass is 32.1. The van der Waals surface area contributed by atoms with Gasteiger partial charge in [-0.15, -0.1) is 11.3 Å². The van der Waals surface area contributed by atoms with Gasteiger partial charge in [-0.3, -0.25) is 0 Å². The van der Waals surface area contributed by atoms with Crippen LogP contribution >= 0.6 is 11.3 Å². The van der Waals surface area contributed by atoms with E-state index in [1.807, 2.05) is 11.3 Å². The van der Waals surface area contributed by atoms with Crippen molar-refractivity contribution in [3.8, 4) is 0 Å². The Bertz CT molecular complexity index is 486. The zero-order valence-electron chi connectivity index (χ0n) is 10.4. The van der Waals surface area contributed by atoms with Gasteiger partial charge in [-0.2, -0.15) is 0 Å². The molecule has 1 aromatic heterocycles. The van der Waals surface area contributed by atoms with Gasteiger partial charge in [0.2, 0.25) is 0 Å². The summed E-state index contributed by atoms with van der Waals surface area (Å²) < 4.78 is 0. The van der Waals surface area contributed by atoms with Gasteiger partial charge in [0.05, 0.1) is 5.01 Å². The molecule has 1 saturated heterocycles. The van der Waals surface area contributed by atoms with Crippen molar-refractivity contribution in [2.24, 2.45) is 0 Å². The second kappa shape index (κ2) is 5.63. The predicted octanol–water partition coefficient (Wildman–Crippen LogP) is 3.20. The molecule has 1 N–H and O–H groups in total. The number of rotatable bonds is 3. The molecule has 3 heteroatoms. The molecular formula is C15H18N2S. The Morgan fingerprint density at radius 3 is 2.72 bits per heavy atom. The lowest BCUT2D eigenvalue weighted by molar-refractivity contribution is 0.465. The minimum absolute atomic E-state index is 0.730. The molecule has 2 heterocycles. The third kappa shape index (κ3) is 2.79. The van der Waals surface area contributed by atoms with Crippen molar-refractivity contribution in [2.75, 3.05) is 13.1 Å². The zero-order valence-corrected chi connectivity index (χ0v) is 11.2. The molecule has 1 aromatic carbocycles. The van der Waals surface area contributed by atoms with Crippen LogP contribution in [0.3, 0.4) is 0 Å². The Labute approximate surface area is 112 Å². The van der Waals surface area contributed by atoms with Crippen LogP contribution in [0.1, 0.15) is 34.2 Å². The third-order valence-corrected chi connectivity index (χ3v) is 4.67. The Kier molecular flexibility index (Phi) is 3.72. The van der Waals surface area contributed by atoms with E-state index in [9.17, 15) is 0 Å². The van der Waals surface area contributed by atoms with Crippen molar-refractivity contribution >= 4 is 11.3 Å². The minimum Gasteiger partial charge on any atom is -0.317 e. The van der Waals surface area contributed by atoms with E-state index in [0.29, 0.717) is 0 Å². The highest BCUT2D eigenvalue weighted by Crippen LogP contribution is 2.30. The molecule has 0 amide bonds. The fourth-order valence-electron chi connectivity index (χ4n) is 2.47. The summed E-state index contributed by atoms with van der Waals surface area (Å²) in [6.45, 7) is 2.30. The summed E-state index contributed by atoms with van der Waals surface area (Å²) in [5.74, 6) is 0.730. The number of piperidine rings is 1. The van der Waals surface area contributed by atoms with Crippen molar-refractivity contribution < 1.29 is 0 Å². The van der Waals surface area contributed by atoms with Crippen molar-refractivity contribution in [3.05, 3.63) is 52.0 Å². The van der Waals surface area contributed by atoms with Crippen LogP contribution < -0.4 is 5.32 Å². The molecule has 2 aromatic rings. The van der Waals surface area contributed by atoms with E-state index < -0.39 is 0 Å². The van der Waals surface area contributed by atoms with Gasteiger partial charge in [-0.1, -0.05) is 30.3 Å². The fourth-order valence-corrected chi connectivity index (χ4v) is 3.60. The van der Waals surface area contributed by atoms with E-state index in [1.165, 1.54) is 28.3 Å². The maximum atomic E-state index is 4.58. The Morgan fingerprint density at radius 1 is 1.17 bits per heavy atom. The van der Waals surface area contributed by atoms with Gasteiger partial charge in [-0.05, 0) is 37.4 Å². The van der Waals surface area contributed by atoms with Crippen molar-refractivity contribution in [1.29, 1.82) is 0 Å². The SMILES string of the molecule is c1ccc(Cc2ncc(C3CCNCC3)s2)cc1. The van der Waals surface area contributed by atoms with Crippen LogP contribution in [0.15, 0.2) is 36.5 Å². The normalized spacial score (nSPS) is 16.9. The second-order valence-electron chi connectivity index (χ2n) is 4.84. The summed E-state index contributed by atoms with van der Waals surface area (Å²) in [5, 5.41) is 4.66. The Balaban J connectivity index is 1.69. The first-order valence-electron chi connectivity index (χ1n) is 6.61.